The van der Waals surface area contributed by atoms with Crippen molar-refractivity contribution in [2.45, 2.75) is 30.7 Å². The molecule has 5 atom stereocenters. The molecule has 1 aromatic heterocycles. The number of ether oxygens (including phenoxy) is 3. The number of hydrogen-bond donors (Lipinski definition) is 9. The lowest BCUT2D eigenvalue weighted by molar-refractivity contribution is -0.276. The minimum absolute atomic E-state index is 0.138. The molecular weight excluding hydrogens is 576 g/mol. The largest absolute Gasteiger partial charge is 0.508 e. The normalized spacial score (nSPS) is 21.9. The van der Waals surface area contributed by atoms with E-state index in [4.69, 9.17) is 18.6 Å². The topological polar surface area (TPSA) is 257 Å². The molecule has 15 nitrogen and oxygen atoms in total. The molecule has 2 heterocycles. The summed E-state index contributed by atoms with van der Waals surface area (Å²) >= 11 is 0. The number of aliphatic hydroxyl groups excluding tert-OH is 3. The van der Waals surface area contributed by atoms with Gasteiger partial charge in [-0.1, -0.05) is 0 Å². The van der Waals surface area contributed by atoms with Crippen molar-refractivity contribution in [2.24, 2.45) is 0 Å². The van der Waals surface area contributed by atoms with Gasteiger partial charge in [-0.15, -0.1) is 0 Å². The van der Waals surface area contributed by atoms with Crippen LogP contribution in [0.25, 0.3) is 22.3 Å². The number of benzene rings is 3. The third-order valence-electron chi connectivity index (χ3n) is 6.65. The van der Waals surface area contributed by atoms with Crippen LogP contribution in [0.2, 0.25) is 0 Å². The predicted molar refractivity (Wildman–Crippen MR) is 142 cm³/mol. The Kier molecular flexibility index (Phi) is 7.64. The van der Waals surface area contributed by atoms with Gasteiger partial charge in [0.1, 0.15) is 46.5 Å². The molecule has 0 bridgehead atoms. The van der Waals surface area contributed by atoms with E-state index in [2.05, 4.69) is 0 Å². The van der Waals surface area contributed by atoms with Crippen LogP contribution >= 0.6 is 0 Å². The quantitative estimate of drug-likeness (QED) is 0.109. The molecule has 1 aliphatic heterocycles. The maximum Gasteiger partial charge on any atom is 0.339 e. The van der Waals surface area contributed by atoms with Crippen molar-refractivity contribution in [1.29, 1.82) is 0 Å². The van der Waals surface area contributed by atoms with Crippen molar-refractivity contribution in [1.82, 2.24) is 0 Å². The van der Waals surface area contributed by atoms with Crippen LogP contribution in [0.4, 0.5) is 0 Å². The maximum absolute atomic E-state index is 13.7. The molecule has 9 N–H and O–H groups in total. The van der Waals surface area contributed by atoms with Crippen LogP contribution in [-0.2, 0) is 9.47 Å². The molecule has 15 heteroatoms. The van der Waals surface area contributed by atoms with E-state index in [9.17, 15) is 55.5 Å². The fraction of sp³-hybridized carbons (Fsp3) is 0.214. The summed E-state index contributed by atoms with van der Waals surface area (Å²) in [6.07, 6.45) is -9.20. The van der Waals surface area contributed by atoms with Crippen molar-refractivity contribution < 1.29 is 69.4 Å². The van der Waals surface area contributed by atoms with Crippen molar-refractivity contribution in [3.05, 3.63) is 64.3 Å². The highest BCUT2D eigenvalue weighted by atomic mass is 16.7. The van der Waals surface area contributed by atoms with Crippen molar-refractivity contribution in [2.75, 3.05) is 6.61 Å². The minimum atomic E-state index is -1.99. The highest BCUT2D eigenvalue weighted by Crippen LogP contribution is 2.39. The highest BCUT2D eigenvalue weighted by Gasteiger charge is 2.48. The van der Waals surface area contributed by atoms with Crippen LogP contribution in [0.3, 0.4) is 0 Å². The third-order valence-corrected chi connectivity index (χ3v) is 6.65. The van der Waals surface area contributed by atoms with Gasteiger partial charge in [-0.25, -0.2) is 4.79 Å². The van der Waals surface area contributed by atoms with Gasteiger partial charge in [0.25, 0.3) is 0 Å². The molecule has 4 aromatic rings. The van der Waals surface area contributed by atoms with E-state index in [1.807, 2.05) is 0 Å². The van der Waals surface area contributed by atoms with Crippen molar-refractivity contribution >= 4 is 16.9 Å². The van der Waals surface area contributed by atoms with E-state index in [0.29, 0.717) is 0 Å². The molecule has 3 aromatic carbocycles. The summed E-state index contributed by atoms with van der Waals surface area (Å²) in [5.41, 5.74) is -1.63. The lowest BCUT2D eigenvalue weighted by atomic mass is 9.99. The number of rotatable bonds is 6. The van der Waals surface area contributed by atoms with E-state index in [-0.39, 0.29) is 22.7 Å². The van der Waals surface area contributed by atoms with E-state index >= 15 is 0 Å². The average molecular weight is 600 g/mol. The standard InChI is InChI=1S/C28H24O15/c29-9-18-21(36)23(38)26(42-27(39)11-5-15(33)20(35)16(34)6-11)28(41-18)43-25-22(37)19-14(32)7-13(31)8-17(19)40-24(25)10-1-3-12(30)4-2-10/h1-8,18,21,23,26,28-36,38H,9H2/t18?,21-,23?,26-,28+/m1/s1. The zero-order valence-corrected chi connectivity index (χ0v) is 21.7. The molecule has 1 fully saturated rings. The smallest absolute Gasteiger partial charge is 0.339 e. The average Bonchev–Trinajstić information content (AvgIpc) is 2.96. The highest BCUT2D eigenvalue weighted by molar-refractivity contribution is 5.91. The van der Waals surface area contributed by atoms with Gasteiger partial charge in [0.05, 0.1) is 12.2 Å². The van der Waals surface area contributed by atoms with Gasteiger partial charge in [0, 0.05) is 17.7 Å². The second kappa shape index (κ2) is 11.2. The van der Waals surface area contributed by atoms with Crippen molar-refractivity contribution in [3.63, 3.8) is 0 Å². The van der Waals surface area contributed by atoms with Gasteiger partial charge in [-0.3, -0.25) is 4.79 Å². The Morgan fingerprint density at radius 2 is 1.49 bits per heavy atom. The number of phenolic OH excluding ortho intramolecular Hbond substituents is 6. The Morgan fingerprint density at radius 3 is 2.12 bits per heavy atom. The van der Waals surface area contributed by atoms with Crippen molar-refractivity contribution in [3.8, 4) is 51.6 Å². The van der Waals surface area contributed by atoms with E-state index < -0.39 is 94.2 Å². The zero-order chi connectivity index (χ0) is 31.2. The molecule has 2 unspecified atom stereocenters. The molecule has 0 amide bonds. The van der Waals surface area contributed by atoms with E-state index in [1.165, 1.54) is 24.3 Å². The molecule has 0 saturated carbocycles. The summed E-state index contributed by atoms with van der Waals surface area (Å²) in [6, 6.07) is 8.61. The van der Waals surface area contributed by atoms with Gasteiger partial charge < -0.3 is 64.6 Å². The Hall–Kier alpha value is -5.22. The van der Waals surface area contributed by atoms with Gasteiger partial charge in [-0.2, -0.15) is 0 Å². The van der Waals surface area contributed by atoms with Gasteiger partial charge in [-0.05, 0) is 36.4 Å². The first-order chi connectivity index (χ1) is 20.4. The molecule has 1 saturated heterocycles. The Balaban J connectivity index is 1.61. The molecule has 5 rings (SSSR count). The number of carbonyl (C=O) groups is 1. The molecule has 0 aliphatic carbocycles. The zero-order valence-electron chi connectivity index (χ0n) is 21.7. The number of hydrogen-bond acceptors (Lipinski definition) is 15. The third kappa shape index (κ3) is 5.40. The molecular formula is C28H24O15. The minimum Gasteiger partial charge on any atom is -0.508 e. The number of esters is 1. The number of phenols is 6. The maximum atomic E-state index is 13.7. The summed E-state index contributed by atoms with van der Waals surface area (Å²) in [5, 5.41) is 89.8. The fourth-order valence-electron chi connectivity index (χ4n) is 4.48. The van der Waals surface area contributed by atoms with Crippen LogP contribution < -0.4 is 10.2 Å². The lowest BCUT2D eigenvalue weighted by Gasteiger charge is -2.41. The van der Waals surface area contributed by atoms with Crippen LogP contribution in [0, 0.1) is 0 Å². The van der Waals surface area contributed by atoms with E-state index in [0.717, 1.165) is 24.3 Å². The molecule has 0 spiro atoms. The Bertz CT molecular complexity index is 1720. The van der Waals surface area contributed by atoms with Gasteiger partial charge in [0.15, 0.2) is 29.1 Å². The summed E-state index contributed by atoms with van der Waals surface area (Å²) in [7, 11) is 0. The van der Waals surface area contributed by atoms with Gasteiger partial charge >= 0.3 is 5.97 Å². The molecule has 226 valence electrons. The second-order valence-corrected chi connectivity index (χ2v) is 9.53. The van der Waals surface area contributed by atoms with Crippen LogP contribution in [-0.4, -0.2) is 89.2 Å². The number of aliphatic hydroxyl groups is 3. The molecule has 43 heavy (non-hydrogen) atoms. The van der Waals surface area contributed by atoms with Crippen LogP contribution in [0.5, 0.6) is 40.2 Å². The Morgan fingerprint density at radius 1 is 0.837 bits per heavy atom. The second-order valence-electron chi connectivity index (χ2n) is 9.53. The number of fused-ring (bicyclic) bond motifs is 1. The predicted octanol–water partition coefficient (Wildman–Crippen LogP) is 0.737. The van der Waals surface area contributed by atoms with Gasteiger partial charge in [0.2, 0.25) is 17.5 Å². The number of aromatic hydroxyl groups is 6. The fourth-order valence-corrected chi connectivity index (χ4v) is 4.48. The first kappa shape index (κ1) is 29.3. The molecule has 1 aliphatic rings. The first-order valence-corrected chi connectivity index (χ1v) is 12.5. The molecule has 0 radical (unpaired) electrons. The Labute approximate surface area is 239 Å². The number of carbonyl (C=O) groups excluding carboxylic acids is 1. The summed E-state index contributed by atoms with van der Waals surface area (Å²) in [6.45, 7) is -0.852. The lowest BCUT2D eigenvalue weighted by Crippen LogP contribution is -2.61. The van der Waals surface area contributed by atoms with Crippen LogP contribution in [0.15, 0.2) is 57.7 Å². The van der Waals surface area contributed by atoms with E-state index in [1.54, 1.807) is 0 Å². The SMILES string of the molecule is O=C(O[C@@H]1C(O)[C@H](O)C(CO)O[C@H]1Oc1c(-c2ccc(O)cc2)oc2cc(O)cc(O)c2c1=O)c1cc(O)c(O)c(O)c1. The summed E-state index contributed by atoms with van der Waals surface area (Å²) in [4.78, 5) is 26.6. The summed E-state index contributed by atoms with van der Waals surface area (Å²) in [5.74, 6) is -6.21. The van der Waals surface area contributed by atoms with Crippen LogP contribution in [0.1, 0.15) is 10.4 Å². The first-order valence-electron chi connectivity index (χ1n) is 12.5. The monoisotopic (exact) mass is 600 g/mol. The summed E-state index contributed by atoms with van der Waals surface area (Å²) < 4.78 is 22.4.